The van der Waals surface area contributed by atoms with Gasteiger partial charge in [0, 0.05) is 6.42 Å². The minimum atomic E-state index is 0.673. The van der Waals surface area contributed by atoms with Crippen LogP contribution in [0.1, 0.15) is 30.4 Å². The summed E-state index contributed by atoms with van der Waals surface area (Å²) in [7, 11) is 0. The predicted octanol–water partition coefficient (Wildman–Crippen LogP) is 4.57. The number of hydrogen-bond acceptors (Lipinski definition) is 1. The Morgan fingerprint density at radius 1 is 1.00 bits per heavy atom. The summed E-state index contributed by atoms with van der Waals surface area (Å²) < 4.78 is 0. The lowest BCUT2D eigenvalue weighted by Crippen LogP contribution is -1.92. The monoisotopic (exact) mass is 252 g/mol. The topological polar surface area (TPSA) is 17.1 Å². The second-order valence-corrected chi connectivity index (χ2v) is 4.94. The van der Waals surface area contributed by atoms with Gasteiger partial charge < -0.3 is 4.79 Å². The maximum atomic E-state index is 10.3. The fraction of sp³-hybridized carbons (Fsp3) is 0.278. The van der Waals surface area contributed by atoms with E-state index in [0.717, 1.165) is 25.5 Å². The molecule has 0 spiro atoms. The van der Waals surface area contributed by atoms with Crippen LogP contribution in [0.25, 0.3) is 11.1 Å². The van der Waals surface area contributed by atoms with E-state index in [2.05, 4.69) is 49.4 Å². The second-order valence-electron chi connectivity index (χ2n) is 4.94. The first-order chi connectivity index (χ1) is 9.31. The lowest BCUT2D eigenvalue weighted by atomic mass is 9.94. The van der Waals surface area contributed by atoms with E-state index < -0.39 is 0 Å². The molecular weight excluding hydrogens is 232 g/mol. The van der Waals surface area contributed by atoms with Crippen molar-refractivity contribution in [2.24, 2.45) is 0 Å². The number of carbonyl (C=O) groups is 1. The average molecular weight is 252 g/mol. The average Bonchev–Trinajstić information content (AvgIpc) is 2.46. The van der Waals surface area contributed by atoms with Gasteiger partial charge in [0.2, 0.25) is 0 Å². The highest BCUT2D eigenvalue weighted by molar-refractivity contribution is 5.68. The zero-order chi connectivity index (χ0) is 13.5. The summed E-state index contributed by atoms with van der Waals surface area (Å²) in [5.74, 6) is 0. The number of aryl methyl sites for hydroxylation is 2. The summed E-state index contributed by atoms with van der Waals surface area (Å²) >= 11 is 0. The van der Waals surface area contributed by atoms with E-state index in [0.29, 0.717) is 6.42 Å². The van der Waals surface area contributed by atoms with Crippen molar-refractivity contribution >= 4 is 6.29 Å². The maximum absolute atomic E-state index is 10.3. The third-order valence-corrected chi connectivity index (χ3v) is 3.37. The fourth-order valence-electron chi connectivity index (χ4n) is 2.34. The Balaban J connectivity index is 2.21. The SMILES string of the molecule is Cc1ccc(CCCCC=O)c(-c2ccccc2)c1. The predicted molar refractivity (Wildman–Crippen MR) is 80.2 cm³/mol. The first-order valence-corrected chi connectivity index (χ1v) is 6.90. The standard InChI is InChI=1S/C18H20O/c1-15-11-12-17(10-6-3-7-13-19)18(14-15)16-8-4-2-5-9-16/h2,4-5,8-9,11-14H,3,6-7,10H2,1H3. The van der Waals surface area contributed by atoms with E-state index in [4.69, 9.17) is 0 Å². The van der Waals surface area contributed by atoms with Crippen molar-refractivity contribution in [2.75, 3.05) is 0 Å². The van der Waals surface area contributed by atoms with E-state index in [-0.39, 0.29) is 0 Å². The van der Waals surface area contributed by atoms with Crippen LogP contribution in [0.4, 0.5) is 0 Å². The molecule has 2 aromatic carbocycles. The van der Waals surface area contributed by atoms with Crippen LogP contribution in [0, 0.1) is 6.92 Å². The highest BCUT2D eigenvalue weighted by Gasteiger charge is 2.05. The van der Waals surface area contributed by atoms with E-state index in [1.807, 2.05) is 6.07 Å². The van der Waals surface area contributed by atoms with Gasteiger partial charge in [-0.1, -0.05) is 54.1 Å². The molecule has 0 heterocycles. The Morgan fingerprint density at radius 2 is 1.79 bits per heavy atom. The molecule has 19 heavy (non-hydrogen) atoms. The van der Waals surface area contributed by atoms with Crippen molar-refractivity contribution in [1.29, 1.82) is 0 Å². The van der Waals surface area contributed by atoms with Crippen molar-refractivity contribution in [3.05, 3.63) is 59.7 Å². The van der Waals surface area contributed by atoms with Gasteiger partial charge in [-0.25, -0.2) is 0 Å². The van der Waals surface area contributed by atoms with Gasteiger partial charge >= 0.3 is 0 Å². The Kier molecular flexibility index (Phi) is 4.91. The molecule has 0 radical (unpaired) electrons. The van der Waals surface area contributed by atoms with Crippen molar-refractivity contribution in [1.82, 2.24) is 0 Å². The molecule has 0 saturated carbocycles. The smallest absolute Gasteiger partial charge is 0.119 e. The molecule has 2 aromatic rings. The summed E-state index contributed by atoms with van der Waals surface area (Å²) in [5.41, 5.74) is 5.27. The van der Waals surface area contributed by atoms with Gasteiger partial charge in [-0.2, -0.15) is 0 Å². The molecule has 0 N–H and O–H groups in total. The van der Waals surface area contributed by atoms with E-state index in [1.54, 1.807) is 0 Å². The lowest BCUT2D eigenvalue weighted by molar-refractivity contribution is -0.107. The minimum absolute atomic E-state index is 0.673. The summed E-state index contributed by atoms with van der Waals surface area (Å²) in [6.45, 7) is 2.13. The Hall–Kier alpha value is -1.89. The minimum Gasteiger partial charge on any atom is -0.303 e. The normalized spacial score (nSPS) is 10.4. The molecule has 0 aliphatic carbocycles. The summed E-state index contributed by atoms with van der Waals surface area (Å²) in [6, 6.07) is 17.2. The zero-order valence-electron chi connectivity index (χ0n) is 11.4. The molecule has 1 heteroatoms. The molecule has 2 rings (SSSR count). The van der Waals surface area contributed by atoms with Gasteiger partial charge in [-0.15, -0.1) is 0 Å². The van der Waals surface area contributed by atoms with Crippen LogP contribution < -0.4 is 0 Å². The van der Waals surface area contributed by atoms with Crippen LogP contribution in [0.15, 0.2) is 48.5 Å². The third kappa shape index (κ3) is 3.78. The van der Waals surface area contributed by atoms with Gasteiger partial charge in [0.05, 0.1) is 0 Å². The van der Waals surface area contributed by atoms with Crippen LogP contribution in [0.3, 0.4) is 0 Å². The Labute approximate surface area is 115 Å². The number of aldehydes is 1. The number of carbonyl (C=O) groups excluding carboxylic acids is 1. The number of rotatable bonds is 6. The molecule has 0 aromatic heterocycles. The van der Waals surface area contributed by atoms with Crippen LogP contribution >= 0.6 is 0 Å². The molecule has 0 saturated heterocycles. The molecule has 0 aliphatic heterocycles. The van der Waals surface area contributed by atoms with Crippen molar-refractivity contribution in [3.8, 4) is 11.1 Å². The van der Waals surface area contributed by atoms with Crippen molar-refractivity contribution in [2.45, 2.75) is 32.6 Å². The molecule has 0 fully saturated rings. The first kappa shape index (κ1) is 13.5. The molecule has 0 bridgehead atoms. The van der Waals surface area contributed by atoms with Crippen LogP contribution in [0.5, 0.6) is 0 Å². The molecule has 0 atom stereocenters. The number of hydrogen-bond donors (Lipinski definition) is 0. The van der Waals surface area contributed by atoms with Crippen molar-refractivity contribution in [3.63, 3.8) is 0 Å². The fourth-order valence-corrected chi connectivity index (χ4v) is 2.34. The number of unbranched alkanes of at least 4 members (excludes halogenated alkanes) is 2. The molecular formula is C18H20O. The van der Waals surface area contributed by atoms with Gasteiger partial charge in [0.15, 0.2) is 0 Å². The molecule has 0 aliphatic rings. The molecule has 1 nitrogen and oxygen atoms in total. The first-order valence-electron chi connectivity index (χ1n) is 6.90. The van der Waals surface area contributed by atoms with Crippen LogP contribution in [-0.4, -0.2) is 6.29 Å². The molecule has 0 amide bonds. The Morgan fingerprint density at radius 3 is 2.53 bits per heavy atom. The second kappa shape index (κ2) is 6.89. The quantitative estimate of drug-likeness (QED) is 0.543. The van der Waals surface area contributed by atoms with Gasteiger partial charge in [-0.05, 0) is 42.9 Å². The third-order valence-electron chi connectivity index (χ3n) is 3.37. The molecule has 0 unspecified atom stereocenters. The summed E-state index contributed by atoms with van der Waals surface area (Å²) in [4.78, 5) is 10.3. The van der Waals surface area contributed by atoms with Crippen LogP contribution in [-0.2, 0) is 11.2 Å². The lowest BCUT2D eigenvalue weighted by Gasteiger charge is -2.11. The van der Waals surface area contributed by atoms with Gasteiger partial charge in [0.1, 0.15) is 6.29 Å². The summed E-state index contributed by atoms with van der Waals surface area (Å²) in [6.07, 6.45) is 4.77. The van der Waals surface area contributed by atoms with Crippen molar-refractivity contribution < 1.29 is 4.79 Å². The highest BCUT2D eigenvalue weighted by Crippen LogP contribution is 2.26. The molecule has 98 valence electrons. The van der Waals surface area contributed by atoms with Crippen LogP contribution in [0.2, 0.25) is 0 Å². The maximum Gasteiger partial charge on any atom is 0.119 e. The van der Waals surface area contributed by atoms with E-state index in [1.165, 1.54) is 22.3 Å². The largest absolute Gasteiger partial charge is 0.303 e. The zero-order valence-corrected chi connectivity index (χ0v) is 11.4. The van der Waals surface area contributed by atoms with E-state index >= 15 is 0 Å². The number of benzene rings is 2. The Bertz CT molecular complexity index is 529. The van der Waals surface area contributed by atoms with Gasteiger partial charge in [-0.3, -0.25) is 0 Å². The summed E-state index contributed by atoms with van der Waals surface area (Å²) in [5, 5.41) is 0. The van der Waals surface area contributed by atoms with E-state index in [9.17, 15) is 4.79 Å². The highest BCUT2D eigenvalue weighted by atomic mass is 16.1. The van der Waals surface area contributed by atoms with Gasteiger partial charge in [0.25, 0.3) is 0 Å².